The molecular weight excluding hydrogens is 164 g/mol. The SMILES string of the molecule is O=C(O)O.O[C@@H]1CCCC[C@@H]1O. The number of aliphatic hydroxyl groups is 2. The van der Waals surface area contributed by atoms with Crippen LogP contribution in [0.1, 0.15) is 25.7 Å². The van der Waals surface area contributed by atoms with Crippen molar-refractivity contribution in [2.24, 2.45) is 0 Å². The molecule has 1 aliphatic carbocycles. The number of hydrogen-bond donors (Lipinski definition) is 4. The maximum Gasteiger partial charge on any atom is 0.503 e. The summed E-state index contributed by atoms with van der Waals surface area (Å²) in [5, 5.41) is 31.8. The van der Waals surface area contributed by atoms with Gasteiger partial charge in [0, 0.05) is 0 Å². The van der Waals surface area contributed by atoms with Crippen molar-refractivity contribution in [2.45, 2.75) is 37.9 Å². The maximum absolute atomic E-state index is 8.93. The first-order chi connectivity index (χ1) is 5.54. The molecule has 0 aromatic rings. The fourth-order valence-corrected chi connectivity index (χ4v) is 1.09. The Balaban J connectivity index is 0.000000261. The van der Waals surface area contributed by atoms with E-state index in [0.717, 1.165) is 25.7 Å². The summed E-state index contributed by atoms with van der Waals surface area (Å²) in [4.78, 5) is 8.56. The van der Waals surface area contributed by atoms with E-state index in [4.69, 9.17) is 25.2 Å². The molecule has 1 rings (SSSR count). The largest absolute Gasteiger partial charge is 0.503 e. The molecule has 0 aliphatic heterocycles. The van der Waals surface area contributed by atoms with Gasteiger partial charge in [-0.1, -0.05) is 12.8 Å². The molecule has 0 saturated heterocycles. The molecule has 0 amide bonds. The molecule has 72 valence electrons. The van der Waals surface area contributed by atoms with E-state index in [9.17, 15) is 0 Å². The summed E-state index contributed by atoms with van der Waals surface area (Å²) in [6, 6.07) is 0. The van der Waals surface area contributed by atoms with Crippen LogP contribution in [0.5, 0.6) is 0 Å². The second-order valence-electron chi connectivity index (χ2n) is 2.70. The lowest BCUT2D eigenvalue weighted by Gasteiger charge is -2.22. The molecular formula is C7H14O5. The van der Waals surface area contributed by atoms with Gasteiger partial charge in [-0.15, -0.1) is 0 Å². The molecule has 0 heterocycles. The summed E-state index contributed by atoms with van der Waals surface area (Å²) < 4.78 is 0. The summed E-state index contributed by atoms with van der Waals surface area (Å²) in [5.74, 6) is 0. The molecule has 5 heteroatoms. The molecule has 0 aromatic heterocycles. The molecule has 5 nitrogen and oxygen atoms in total. The highest BCUT2D eigenvalue weighted by Gasteiger charge is 2.19. The van der Waals surface area contributed by atoms with Crippen LogP contribution in [0.2, 0.25) is 0 Å². The van der Waals surface area contributed by atoms with E-state index in [1.54, 1.807) is 0 Å². The summed E-state index contributed by atoms with van der Waals surface area (Å²) in [6.07, 6.45) is 0.978. The van der Waals surface area contributed by atoms with Crippen molar-refractivity contribution in [2.75, 3.05) is 0 Å². The Hall–Kier alpha value is -0.810. The highest BCUT2D eigenvalue weighted by molar-refractivity contribution is 5.53. The minimum atomic E-state index is -1.83. The second-order valence-corrected chi connectivity index (χ2v) is 2.70. The minimum absolute atomic E-state index is 0.441. The Morgan fingerprint density at radius 1 is 1.00 bits per heavy atom. The van der Waals surface area contributed by atoms with Gasteiger partial charge in [-0.2, -0.15) is 0 Å². The van der Waals surface area contributed by atoms with Crippen LogP contribution in [-0.4, -0.2) is 38.8 Å². The topological polar surface area (TPSA) is 98.0 Å². The van der Waals surface area contributed by atoms with Crippen LogP contribution in [-0.2, 0) is 0 Å². The number of carboxylic acid groups (broad SMARTS) is 2. The van der Waals surface area contributed by atoms with E-state index < -0.39 is 18.4 Å². The van der Waals surface area contributed by atoms with Crippen LogP contribution in [0.25, 0.3) is 0 Å². The van der Waals surface area contributed by atoms with Crippen molar-refractivity contribution < 1.29 is 25.2 Å². The predicted molar refractivity (Wildman–Crippen MR) is 41.1 cm³/mol. The van der Waals surface area contributed by atoms with E-state index in [1.807, 2.05) is 0 Å². The van der Waals surface area contributed by atoms with Gasteiger partial charge in [0.15, 0.2) is 0 Å². The molecule has 0 unspecified atom stereocenters. The average Bonchev–Trinajstić information content (AvgIpc) is 1.94. The maximum atomic E-state index is 8.93. The van der Waals surface area contributed by atoms with Gasteiger partial charge in [0.2, 0.25) is 0 Å². The van der Waals surface area contributed by atoms with E-state index in [2.05, 4.69) is 0 Å². The van der Waals surface area contributed by atoms with E-state index in [1.165, 1.54) is 0 Å². The molecule has 12 heavy (non-hydrogen) atoms. The third-order valence-corrected chi connectivity index (χ3v) is 1.69. The lowest BCUT2D eigenvalue weighted by Crippen LogP contribution is -2.28. The van der Waals surface area contributed by atoms with Crippen LogP contribution < -0.4 is 0 Å². The first kappa shape index (κ1) is 11.2. The van der Waals surface area contributed by atoms with E-state index >= 15 is 0 Å². The quantitative estimate of drug-likeness (QED) is 0.433. The van der Waals surface area contributed by atoms with Gasteiger partial charge in [-0.25, -0.2) is 4.79 Å². The predicted octanol–water partition coefficient (Wildman–Crippen LogP) is 0.505. The Morgan fingerprint density at radius 3 is 1.42 bits per heavy atom. The molecule has 1 fully saturated rings. The van der Waals surface area contributed by atoms with E-state index in [0.29, 0.717) is 0 Å². The Kier molecular flexibility index (Phi) is 5.40. The highest BCUT2D eigenvalue weighted by atomic mass is 16.6. The van der Waals surface area contributed by atoms with Gasteiger partial charge < -0.3 is 20.4 Å². The van der Waals surface area contributed by atoms with Crippen molar-refractivity contribution in [3.8, 4) is 0 Å². The van der Waals surface area contributed by atoms with Crippen LogP contribution >= 0.6 is 0 Å². The monoisotopic (exact) mass is 178 g/mol. The van der Waals surface area contributed by atoms with Crippen molar-refractivity contribution in [3.63, 3.8) is 0 Å². The van der Waals surface area contributed by atoms with Gasteiger partial charge in [-0.05, 0) is 12.8 Å². The van der Waals surface area contributed by atoms with Crippen LogP contribution in [0, 0.1) is 0 Å². The van der Waals surface area contributed by atoms with E-state index in [-0.39, 0.29) is 0 Å². The van der Waals surface area contributed by atoms with Crippen LogP contribution in [0.3, 0.4) is 0 Å². The van der Waals surface area contributed by atoms with Crippen molar-refractivity contribution in [1.82, 2.24) is 0 Å². The fraction of sp³-hybridized carbons (Fsp3) is 0.857. The summed E-state index contributed by atoms with van der Waals surface area (Å²) >= 11 is 0. The average molecular weight is 178 g/mol. The Labute approximate surface area is 70.3 Å². The Morgan fingerprint density at radius 2 is 1.25 bits per heavy atom. The molecule has 0 spiro atoms. The molecule has 1 aliphatic rings. The summed E-state index contributed by atoms with van der Waals surface area (Å²) in [7, 11) is 0. The molecule has 0 bridgehead atoms. The molecule has 0 aromatic carbocycles. The van der Waals surface area contributed by atoms with Gasteiger partial charge in [0.05, 0.1) is 12.2 Å². The zero-order chi connectivity index (χ0) is 9.56. The number of aliphatic hydroxyl groups excluding tert-OH is 2. The molecule has 4 N–H and O–H groups in total. The lowest BCUT2D eigenvalue weighted by molar-refractivity contribution is -0.00865. The van der Waals surface area contributed by atoms with Crippen molar-refractivity contribution in [3.05, 3.63) is 0 Å². The lowest BCUT2D eigenvalue weighted by atomic mass is 9.95. The minimum Gasteiger partial charge on any atom is -0.450 e. The standard InChI is InChI=1S/C6H12O2.CH2O3/c7-5-3-1-2-4-6(5)8;2-1(3)4/h5-8H,1-4H2;(H2,2,3,4)/t5-,6+;. The third-order valence-electron chi connectivity index (χ3n) is 1.69. The highest BCUT2D eigenvalue weighted by Crippen LogP contribution is 2.17. The molecule has 1 saturated carbocycles. The van der Waals surface area contributed by atoms with Gasteiger partial charge in [0.1, 0.15) is 0 Å². The van der Waals surface area contributed by atoms with Gasteiger partial charge in [0.25, 0.3) is 0 Å². The fourth-order valence-electron chi connectivity index (χ4n) is 1.09. The first-order valence-electron chi connectivity index (χ1n) is 3.82. The zero-order valence-electron chi connectivity index (χ0n) is 6.68. The Bertz CT molecular complexity index is 122. The third kappa shape index (κ3) is 5.94. The second kappa shape index (κ2) is 5.79. The normalized spacial score (nSPS) is 28.5. The smallest absolute Gasteiger partial charge is 0.450 e. The summed E-state index contributed by atoms with van der Waals surface area (Å²) in [6.45, 7) is 0. The van der Waals surface area contributed by atoms with Crippen molar-refractivity contribution >= 4 is 6.16 Å². The first-order valence-corrected chi connectivity index (χ1v) is 3.82. The van der Waals surface area contributed by atoms with Gasteiger partial charge >= 0.3 is 6.16 Å². The number of rotatable bonds is 0. The number of hydrogen-bond acceptors (Lipinski definition) is 3. The molecule has 0 radical (unpaired) electrons. The molecule has 2 atom stereocenters. The summed E-state index contributed by atoms with van der Waals surface area (Å²) in [5.41, 5.74) is 0. The van der Waals surface area contributed by atoms with Crippen molar-refractivity contribution in [1.29, 1.82) is 0 Å². The van der Waals surface area contributed by atoms with Crippen LogP contribution in [0.15, 0.2) is 0 Å². The van der Waals surface area contributed by atoms with Gasteiger partial charge in [-0.3, -0.25) is 0 Å². The number of carbonyl (C=O) groups is 1. The zero-order valence-corrected chi connectivity index (χ0v) is 6.68. The van der Waals surface area contributed by atoms with Crippen LogP contribution in [0.4, 0.5) is 4.79 Å².